The van der Waals surface area contributed by atoms with Crippen LogP contribution in [0.15, 0.2) is 0 Å². The van der Waals surface area contributed by atoms with E-state index in [-0.39, 0.29) is 0 Å². The number of fused-ring (bicyclic) bond motifs is 1. The fraction of sp³-hybridized carbons (Fsp3) is 1.00. The highest BCUT2D eigenvalue weighted by atomic mass is 15.2. The van der Waals surface area contributed by atoms with E-state index in [9.17, 15) is 0 Å². The maximum absolute atomic E-state index is 2.74. The molecule has 82 valence electrons. The van der Waals surface area contributed by atoms with Gasteiger partial charge in [0.25, 0.3) is 0 Å². The highest BCUT2D eigenvalue weighted by molar-refractivity contribution is 5.04. The smallest absolute Gasteiger partial charge is 0.0177 e. The second-order valence-corrected chi connectivity index (χ2v) is 6.59. The van der Waals surface area contributed by atoms with Gasteiger partial charge in [-0.1, -0.05) is 20.8 Å². The molecular formula is C13H25N. The van der Waals surface area contributed by atoms with Crippen LogP contribution in [0, 0.1) is 17.3 Å². The summed E-state index contributed by atoms with van der Waals surface area (Å²) in [6.45, 7) is 13.3. The van der Waals surface area contributed by atoms with E-state index < -0.39 is 0 Å². The normalized spacial score (nSPS) is 38.6. The minimum Gasteiger partial charge on any atom is -0.297 e. The molecule has 1 heteroatoms. The molecule has 3 unspecified atom stereocenters. The first-order chi connectivity index (χ1) is 6.41. The third kappa shape index (κ3) is 1.71. The zero-order valence-electron chi connectivity index (χ0n) is 10.4. The average Bonchev–Trinajstić information content (AvgIpc) is 2.77. The first-order valence-electron chi connectivity index (χ1n) is 6.17. The van der Waals surface area contributed by atoms with Crippen molar-refractivity contribution in [2.45, 2.75) is 59.5 Å². The predicted molar refractivity (Wildman–Crippen MR) is 61.3 cm³/mol. The van der Waals surface area contributed by atoms with Crippen LogP contribution < -0.4 is 0 Å². The van der Waals surface area contributed by atoms with Gasteiger partial charge in [0.15, 0.2) is 0 Å². The molecule has 1 aliphatic heterocycles. The molecule has 0 bridgehead atoms. The fourth-order valence-corrected chi connectivity index (χ4v) is 3.41. The maximum Gasteiger partial charge on any atom is 0.0177 e. The van der Waals surface area contributed by atoms with Gasteiger partial charge in [0.1, 0.15) is 0 Å². The molecule has 0 aromatic carbocycles. The van der Waals surface area contributed by atoms with E-state index >= 15 is 0 Å². The molecule has 0 aromatic heterocycles. The molecule has 14 heavy (non-hydrogen) atoms. The molecule has 1 saturated heterocycles. The first-order valence-corrected chi connectivity index (χ1v) is 6.17. The van der Waals surface area contributed by atoms with E-state index in [2.05, 4.69) is 39.5 Å². The Morgan fingerprint density at radius 2 is 1.86 bits per heavy atom. The third-order valence-corrected chi connectivity index (χ3v) is 4.05. The summed E-state index contributed by atoms with van der Waals surface area (Å²) in [7, 11) is 0. The molecule has 0 spiro atoms. The van der Waals surface area contributed by atoms with Gasteiger partial charge in [-0.2, -0.15) is 0 Å². The lowest BCUT2D eigenvalue weighted by atomic mass is 9.79. The maximum atomic E-state index is 2.74. The lowest BCUT2D eigenvalue weighted by Gasteiger charge is -2.45. The summed E-state index contributed by atoms with van der Waals surface area (Å²) in [6, 6.07) is 1.56. The summed E-state index contributed by atoms with van der Waals surface area (Å²) in [5.74, 6) is 2.10. The van der Waals surface area contributed by atoms with Gasteiger partial charge in [0.05, 0.1) is 0 Å². The zero-order valence-corrected chi connectivity index (χ0v) is 10.4. The highest BCUT2D eigenvalue weighted by Gasteiger charge is 2.52. The number of hydrogen-bond donors (Lipinski definition) is 0. The van der Waals surface area contributed by atoms with E-state index in [0.717, 1.165) is 23.9 Å². The van der Waals surface area contributed by atoms with Crippen LogP contribution in [0.4, 0.5) is 0 Å². The van der Waals surface area contributed by atoms with Gasteiger partial charge in [-0.25, -0.2) is 0 Å². The van der Waals surface area contributed by atoms with Crippen LogP contribution >= 0.6 is 0 Å². The number of hydrogen-bond acceptors (Lipinski definition) is 1. The summed E-state index contributed by atoms with van der Waals surface area (Å²) in [5, 5.41) is 0. The van der Waals surface area contributed by atoms with E-state index in [1.54, 1.807) is 0 Å². The summed E-state index contributed by atoms with van der Waals surface area (Å²) in [5.41, 5.74) is 0.462. The minimum absolute atomic E-state index is 0.462. The van der Waals surface area contributed by atoms with Crippen molar-refractivity contribution in [1.82, 2.24) is 4.90 Å². The predicted octanol–water partition coefficient (Wildman–Crippen LogP) is 3.15. The molecular weight excluding hydrogens is 170 g/mol. The largest absolute Gasteiger partial charge is 0.297 e. The molecule has 2 aliphatic rings. The number of likely N-dealkylation sites (tertiary alicyclic amines) is 1. The molecule has 2 fully saturated rings. The van der Waals surface area contributed by atoms with Gasteiger partial charge in [-0.3, -0.25) is 4.90 Å². The van der Waals surface area contributed by atoms with Gasteiger partial charge in [0, 0.05) is 12.1 Å². The quantitative estimate of drug-likeness (QED) is 0.621. The molecule has 1 heterocycles. The number of rotatable bonds is 1. The molecule has 1 nitrogen and oxygen atoms in total. The highest BCUT2D eigenvalue weighted by Crippen LogP contribution is 2.53. The van der Waals surface area contributed by atoms with Gasteiger partial charge < -0.3 is 0 Å². The molecule has 0 N–H and O–H groups in total. The summed E-state index contributed by atoms with van der Waals surface area (Å²) < 4.78 is 0. The fourth-order valence-electron chi connectivity index (χ4n) is 3.41. The molecule has 0 amide bonds. The average molecular weight is 195 g/mol. The van der Waals surface area contributed by atoms with Gasteiger partial charge >= 0.3 is 0 Å². The van der Waals surface area contributed by atoms with Crippen molar-refractivity contribution in [2.75, 3.05) is 6.54 Å². The van der Waals surface area contributed by atoms with Crippen molar-refractivity contribution < 1.29 is 0 Å². The Hall–Kier alpha value is -0.0400. The lowest BCUT2D eigenvalue weighted by molar-refractivity contribution is 0.0293. The standard InChI is InChI=1S/C13H25N/c1-9(2)14-7-6-10-8-11(10)12(14)13(3,4)5/h9-12H,6-8H2,1-5H3. The molecule has 3 atom stereocenters. The summed E-state index contributed by atoms with van der Waals surface area (Å²) in [6.07, 6.45) is 2.96. The van der Waals surface area contributed by atoms with Crippen LogP contribution in [0.25, 0.3) is 0 Å². The summed E-state index contributed by atoms with van der Waals surface area (Å²) >= 11 is 0. The number of nitrogens with zero attached hydrogens (tertiary/aromatic N) is 1. The molecule has 2 rings (SSSR count). The Kier molecular flexibility index (Phi) is 2.42. The number of piperidine rings is 1. The summed E-state index contributed by atoms with van der Waals surface area (Å²) in [4.78, 5) is 2.74. The Morgan fingerprint density at radius 1 is 1.21 bits per heavy atom. The topological polar surface area (TPSA) is 3.24 Å². The minimum atomic E-state index is 0.462. The second kappa shape index (κ2) is 3.23. The van der Waals surface area contributed by atoms with Crippen LogP contribution in [-0.2, 0) is 0 Å². The van der Waals surface area contributed by atoms with E-state index in [0.29, 0.717) is 5.41 Å². The van der Waals surface area contributed by atoms with Crippen LogP contribution in [0.1, 0.15) is 47.5 Å². The molecule has 0 radical (unpaired) electrons. The van der Waals surface area contributed by atoms with Crippen LogP contribution in [0.2, 0.25) is 0 Å². The van der Waals surface area contributed by atoms with Crippen LogP contribution in [-0.4, -0.2) is 23.5 Å². The van der Waals surface area contributed by atoms with Gasteiger partial charge in [-0.05, 0) is 50.5 Å². The third-order valence-electron chi connectivity index (χ3n) is 4.05. The van der Waals surface area contributed by atoms with Crippen molar-refractivity contribution in [2.24, 2.45) is 17.3 Å². The van der Waals surface area contributed by atoms with E-state index in [4.69, 9.17) is 0 Å². The SMILES string of the molecule is CC(C)N1CCC2CC2C1C(C)(C)C. The second-order valence-electron chi connectivity index (χ2n) is 6.59. The van der Waals surface area contributed by atoms with Crippen LogP contribution in [0.5, 0.6) is 0 Å². The molecule has 1 saturated carbocycles. The van der Waals surface area contributed by atoms with Gasteiger partial charge in [0.2, 0.25) is 0 Å². The van der Waals surface area contributed by atoms with Crippen molar-refractivity contribution >= 4 is 0 Å². The van der Waals surface area contributed by atoms with Crippen LogP contribution in [0.3, 0.4) is 0 Å². The Labute approximate surface area is 88.9 Å². The van der Waals surface area contributed by atoms with Gasteiger partial charge in [-0.15, -0.1) is 0 Å². The molecule has 1 aliphatic carbocycles. The van der Waals surface area contributed by atoms with Crippen molar-refractivity contribution in [3.05, 3.63) is 0 Å². The Morgan fingerprint density at radius 3 is 2.36 bits per heavy atom. The van der Waals surface area contributed by atoms with E-state index in [1.165, 1.54) is 19.4 Å². The zero-order chi connectivity index (χ0) is 10.5. The lowest BCUT2D eigenvalue weighted by Crippen LogP contribution is -2.51. The molecule has 0 aromatic rings. The Bertz CT molecular complexity index is 214. The van der Waals surface area contributed by atoms with Crippen molar-refractivity contribution in [1.29, 1.82) is 0 Å². The monoisotopic (exact) mass is 195 g/mol. The first kappa shape index (κ1) is 10.5. The van der Waals surface area contributed by atoms with E-state index in [1.807, 2.05) is 0 Å². The van der Waals surface area contributed by atoms with Crippen molar-refractivity contribution in [3.8, 4) is 0 Å². The van der Waals surface area contributed by atoms with Crippen molar-refractivity contribution in [3.63, 3.8) is 0 Å². The Balaban J connectivity index is 2.15.